The highest BCUT2D eigenvalue weighted by atomic mass is 32.1. The van der Waals surface area contributed by atoms with Crippen LogP contribution < -0.4 is 11.1 Å². The number of aromatic nitrogens is 1. The van der Waals surface area contributed by atoms with Gasteiger partial charge in [0.15, 0.2) is 0 Å². The predicted molar refractivity (Wildman–Crippen MR) is 52.2 cm³/mol. The van der Waals surface area contributed by atoms with E-state index in [0.717, 1.165) is 5.69 Å². The number of thiazole rings is 1. The lowest BCUT2D eigenvalue weighted by atomic mass is 10.2. The number of hydrogen-bond acceptors (Lipinski definition) is 4. The van der Waals surface area contributed by atoms with Crippen LogP contribution in [0.3, 0.4) is 0 Å². The van der Waals surface area contributed by atoms with Crippen molar-refractivity contribution in [3.63, 3.8) is 0 Å². The monoisotopic (exact) mass is 199 g/mol. The zero-order valence-electron chi connectivity index (χ0n) is 7.49. The van der Waals surface area contributed by atoms with Crippen LogP contribution in [-0.4, -0.2) is 16.9 Å². The van der Waals surface area contributed by atoms with E-state index in [1.54, 1.807) is 5.51 Å². The zero-order valence-corrected chi connectivity index (χ0v) is 8.30. The van der Waals surface area contributed by atoms with Gasteiger partial charge in [-0.05, 0) is 6.42 Å². The molecule has 0 bridgehead atoms. The fourth-order valence-corrected chi connectivity index (χ4v) is 1.38. The van der Waals surface area contributed by atoms with E-state index in [9.17, 15) is 4.79 Å². The van der Waals surface area contributed by atoms with Gasteiger partial charge in [-0.25, -0.2) is 4.98 Å². The summed E-state index contributed by atoms with van der Waals surface area (Å²) in [6, 6.07) is -0.404. The van der Waals surface area contributed by atoms with E-state index in [1.807, 2.05) is 12.3 Å². The van der Waals surface area contributed by atoms with E-state index >= 15 is 0 Å². The number of nitrogens with zero attached hydrogens (tertiary/aromatic N) is 1. The highest BCUT2D eigenvalue weighted by Gasteiger charge is 2.09. The van der Waals surface area contributed by atoms with Crippen molar-refractivity contribution >= 4 is 17.2 Å². The Bertz CT molecular complexity index is 260. The van der Waals surface area contributed by atoms with Gasteiger partial charge in [0.1, 0.15) is 0 Å². The molecule has 72 valence electrons. The molecular formula is C8H13N3OS. The van der Waals surface area contributed by atoms with Crippen LogP contribution in [0.2, 0.25) is 0 Å². The fraction of sp³-hybridized carbons (Fsp3) is 0.500. The van der Waals surface area contributed by atoms with Gasteiger partial charge in [0.25, 0.3) is 0 Å². The number of hydrogen-bond donors (Lipinski definition) is 2. The zero-order chi connectivity index (χ0) is 9.68. The SMILES string of the molecule is CC[C@H](N)C(=O)NCc1cscn1. The average Bonchev–Trinajstić information content (AvgIpc) is 2.65. The van der Waals surface area contributed by atoms with E-state index in [4.69, 9.17) is 5.73 Å². The molecule has 0 radical (unpaired) electrons. The van der Waals surface area contributed by atoms with Gasteiger partial charge in [0.2, 0.25) is 5.91 Å². The highest BCUT2D eigenvalue weighted by molar-refractivity contribution is 7.07. The molecule has 0 unspecified atom stereocenters. The Morgan fingerprint density at radius 1 is 1.85 bits per heavy atom. The number of amides is 1. The van der Waals surface area contributed by atoms with Crippen molar-refractivity contribution in [3.8, 4) is 0 Å². The van der Waals surface area contributed by atoms with Gasteiger partial charge in [-0.1, -0.05) is 6.92 Å². The maximum absolute atomic E-state index is 11.2. The minimum absolute atomic E-state index is 0.115. The maximum Gasteiger partial charge on any atom is 0.237 e. The molecule has 1 aromatic rings. The Morgan fingerprint density at radius 2 is 2.62 bits per heavy atom. The normalized spacial score (nSPS) is 12.5. The lowest BCUT2D eigenvalue weighted by molar-refractivity contribution is -0.122. The van der Waals surface area contributed by atoms with Gasteiger partial charge in [-0.2, -0.15) is 0 Å². The first kappa shape index (κ1) is 10.1. The van der Waals surface area contributed by atoms with E-state index < -0.39 is 6.04 Å². The minimum Gasteiger partial charge on any atom is -0.349 e. The van der Waals surface area contributed by atoms with Gasteiger partial charge in [0.05, 0.1) is 23.8 Å². The first-order valence-corrected chi connectivity index (χ1v) is 5.08. The maximum atomic E-state index is 11.2. The third kappa shape index (κ3) is 3.12. The van der Waals surface area contributed by atoms with Crippen LogP contribution in [0.1, 0.15) is 19.0 Å². The summed E-state index contributed by atoms with van der Waals surface area (Å²) in [5.74, 6) is -0.115. The molecule has 5 heteroatoms. The largest absolute Gasteiger partial charge is 0.349 e. The van der Waals surface area contributed by atoms with E-state index in [1.165, 1.54) is 11.3 Å². The van der Waals surface area contributed by atoms with Gasteiger partial charge in [-0.3, -0.25) is 4.79 Å². The molecule has 1 amide bonds. The Kier molecular flexibility index (Phi) is 3.85. The summed E-state index contributed by atoms with van der Waals surface area (Å²) in [5, 5.41) is 4.62. The molecule has 0 saturated carbocycles. The summed E-state index contributed by atoms with van der Waals surface area (Å²) in [5.41, 5.74) is 8.14. The van der Waals surface area contributed by atoms with Crippen LogP contribution in [0.5, 0.6) is 0 Å². The summed E-state index contributed by atoms with van der Waals surface area (Å²) in [6.45, 7) is 2.35. The Hall–Kier alpha value is -0.940. The first-order valence-electron chi connectivity index (χ1n) is 4.14. The van der Waals surface area contributed by atoms with E-state index in [-0.39, 0.29) is 5.91 Å². The standard InChI is InChI=1S/C8H13N3OS/c1-2-7(9)8(12)10-3-6-4-13-5-11-6/h4-5,7H,2-3,9H2,1H3,(H,10,12)/t7-/m0/s1. The number of rotatable bonds is 4. The molecule has 0 fully saturated rings. The summed E-state index contributed by atoms with van der Waals surface area (Å²) < 4.78 is 0. The van der Waals surface area contributed by atoms with Crippen LogP contribution >= 0.6 is 11.3 Å². The second-order valence-corrected chi connectivity index (χ2v) is 3.43. The van der Waals surface area contributed by atoms with Crippen molar-refractivity contribution in [3.05, 3.63) is 16.6 Å². The average molecular weight is 199 g/mol. The summed E-state index contributed by atoms with van der Waals surface area (Å²) in [4.78, 5) is 15.2. The van der Waals surface area contributed by atoms with Gasteiger partial charge >= 0.3 is 0 Å². The molecule has 0 aliphatic rings. The second kappa shape index (κ2) is 4.94. The smallest absolute Gasteiger partial charge is 0.237 e. The summed E-state index contributed by atoms with van der Waals surface area (Å²) in [7, 11) is 0. The number of carbonyl (C=O) groups excluding carboxylic acids is 1. The third-order valence-corrected chi connectivity index (χ3v) is 2.34. The minimum atomic E-state index is -0.404. The van der Waals surface area contributed by atoms with Gasteiger partial charge < -0.3 is 11.1 Å². The molecule has 0 saturated heterocycles. The Labute approximate surface area is 81.2 Å². The summed E-state index contributed by atoms with van der Waals surface area (Å²) >= 11 is 1.51. The fourth-order valence-electron chi connectivity index (χ4n) is 0.819. The third-order valence-electron chi connectivity index (χ3n) is 1.70. The molecule has 1 aromatic heterocycles. The molecule has 0 aliphatic carbocycles. The topological polar surface area (TPSA) is 68.0 Å². The van der Waals surface area contributed by atoms with Crippen LogP contribution in [-0.2, 0) is 11.3 Å². The molecular weight excluding hydrogens is 186 g/mol. The van der Waals surface area contributed by atoms with Crippen molar-refractivity contribution in [1.82, 2.24) is 10.3 Å². The van der Waals surface area contributed by atoms with Crippen molar-refractivity contribution < 1.29 is 4.79 Å². The van der Waals surface area contributed by atoms with Crippen molar-refractivity contribution in [1.29, 1.82) is 0 Å². The van der Waals surface area contributed by atoms with E-state index in [2.05, 4.69) is 10.3 Å². The molecule has 1 rings (SSSR count). The molecule has 0 aromatic carbocycles. The molecule has 1 atom stereocenters. The number of carbonyl (C=O) groups is 1. The van der Waals surface area contributed by atoms with Crippen LogP contribution in [0.25, 0.3) is 0 Å². The molecule has 13 heavy (non-hydrogen) atoms. The molecule has 1 heterocycles. The van der Waals surface area contributed by atoms with Gasteiger partial charge in [0, 0.05) is 5.38 Å². The Balaban J connectivity index is 2.31. The lowest BCUT2D eigenvalue weighted by Crippen LogP contribution is -2.39. The summed E-state index contributed by atoms with van der Waals surface area (Å²) in [6.07, 6.45) is 0.656. The Morgan fingerprint density at radius 3 is 3.15 bits per heavy atom. The van der Waals surface area contributed by atoms with Crippen molar-refractivity contribution in [2.45, 2.75) is 25.9 Å². The lowest BCUT2D eigenvalue weighted by Gasteiger charge is -2.08. The second-order valence-electron chi connectivity index (χ2n) is 2.71. The van der Waals surface area contributed by atoms with Crippen LogP contribution in [0.4, 0.5) is 0 Å². The predicted octanol–water partition coefficient (Wildman–Crippen LogP) is 0.497. The first-order chi connectivity index (χ1) is 6.24. The van der Waals surface area contributed by atoms with Gasteiger partial charge in [-0.15, -0.1) is 11.3 Å². The number of nitrogens with one attached hydrogen (secondary N) is 1. The number of nitrogens with two attached hydrogens (primary N) is 1. The van der Waals surface area contributed by atoms with Crippen molar-refractivity contribution in [2.75, 3.05) is 0 Å². The molecule has 4 nitrogen and oxygen atoms in total. The quantitative estimate of drug-likeness (QED) is 0.742. The molecule has 0 spiro atoms. The van der Waals surface area contributed by atoms with Crippen molar-refractivity contribution in [2.24, 2.45) is 5.73 Å². The molecule has 3 N–H and O–H groups in total. The van der Waals surface area contributed by atoms with Crippen LogP contribution in [0.15, 0.2) is 10.9 Å². The molecule has 0 aliphatic heterocycles. The van der Waals surface area contributed by atoms with Crippen LogP contribution in [0, 0.1) is 0 Å². The highest BCUT2D eigenvalue weighted by Crippen LogP contribution is 1.99. The van der Waals surface area contributed by atoms with E-state index in [0.29, 0.717) is 13.0 Å².